The third-order valence-corrected chi connectivity index (χ3v) is 4.54. The van der Waals surface area contributed by atoms with Gasteiger partial charge in [-0.05, 0) is 48.5 Å². The Morgan fingerprint density at radius 3 is 2.43 bits per heavy atom. The van der Waals surface area contributed by atoms with Crippen molar-refractivity contribution < 1.29 is 13.9 Å². The molecule has 0 aliphatic heterocycles. The number of rotatable bonds is 6. The van der Waals surface area contributed by atoms with Crippen LogP contribution in [0.2, 0.25) is 20.1 Å². The highest BCUT2D eigenvalue weighted by Crippen LogP contribution is 2.31. The van der Waals surface area contributed by atoms with Gasteiger partial charge >= 0.3 is 0 Å². The molecule has 0 atom stereocenters. The molecule has 1 aromatic heterocycles. The summed E-state index contributed by atoms with van der Waals surface area (Å²) < 4.78 is 11.0. The first-order valence-corrected chi connectivity index (χ1v) is 9.38. The van der Waals surface area contributed by atoms with Crippen LogP contribution in [0, 0.1) is 0 Å². The van der Waals surface area contributed by atoms with Crippen LogP contribution in [0.4, 0.5) is 0 Å². The number of nitrogens with one attached hydrogen (secondary N) is 1. The van der Waals surface area contributed by atoms with Gasteiger partial charge in [0, 0.05) is 15.6 Å². The summed E-state index contributed by atoms with van der Waals surface area (Å²) in [5.41, 5.74) is 3.03. The van der Waals surface area contributed by atoms with Crippen LogP contribution < -0.4 is 10.2 Å². The highest BCUT2D eigenvalue weighted by molar-refractivity contribution is 6.36. The van der Waals surface area contributed by atoms with Crippen molar-refractivity contribution in [1.29, 1.82) is 0 Å². The second kappa shape index (κ2) is 9.34. The van der Waals surface area contributed by atoms with E-state index in [1.807, 2.05) is 0 Å². The molecule has 0 saturated carbocycles. The zero-order valence-corrected chi connectivity index (χ0v) is 17.1. The van der Waals surface area contributed by atoms with E-state index in [2.05, 4.69) is 10.5 Å². The van der Waals surface area contributed by atoms with Gasteiger partial charge in [-0.3, -0.25) is 4.79 Å². The summed E-state index contributed by atoms with van der Waals surface area (Å²) >= 11 is 23.8. The molecule has 0 spiro atoms. The number of carbonyl (C=O) groups excluding carboxylic acids is 1. The Morgan fingerprint density at radius 1 is 1.00 bits per heavy atom. The van der Waals surface area contributed by atoms with Crippen molar-refractivity contribution in [3.05, 3.63) is 74.4 Å². The molecular weight excluding hydrogens is 446 g/mol. The number of furan rings is 1. The molecule has 0 bridgehead atoms. The first-order chi connectivity index (χ1) is 13.4. The van der Waals surface area contributed by atoms with Crippen LogP contribution in [-0.2, 0) is 4.79 Å². The number of halogens is 4. The van der Waals surface area contributed by atoms with Gasteiger partial charge in [-0.15, -0.1) is 0 Å². The number of hydrogen-bond donors (Lipinski definition) is 1. The number of nitrogens with zero attached hydrogens (tertiary/aromatic N) is 1. The van der Waals surface area contributed by atoms with Crippen molar-refractivity contribution in [3.63, 3.8) is 0 Å². The van der Waals surface area contributed by atoms with E-state index in [1.54, 1.807) is 42.5 Å². The third kappa shape index (κ3) is 5.42. The first-order valence-electron chi connectivity index (χ1n) is 7.87. The fraction of sp³-hybridized carbons (Fsp3) is 0.0526. The van der Waals surface area contributed by atoms with Gasteiger partial charge in [0.15, 0.2) is 6.61 Å². The van der Waals surface area contributed by atoms with Crippen molar-refractivity contribution in [2.75, 3.05) is 6.61 Å². The van der Waals surface area contributed by atoms with Gasteiger partial charge in [-0.25, -0.2) is 5.43 Å². The number of benzene rings is 2. The van der Waals surface area contributed by atoms with Gasteiger partial charge < -0.3 is 9.15 Å². The highest BCUT2D eigenvalue weighted by atomic mass is 35.5. The minimum atomic E-state index is -0.463. The molecule has 0 fully saturated rings. The molecule has 1 N–H and O–H groups in total. The zero-order chi connectivity index (χ0) is 20.1. The molecule has 0 unspecified atom stereocenters. The second-order valence-corrected chi connectivity index (χ2v) is 7.17. The maximum Gasteiger partial charge on any atom is 0.277 e. The van der Waals surface area contributed by atoms with Crippen molar-refractivity contribution in [2.24, 2.45) is 5.10 Å². The molecule has 3 rings (SSSR count). The van der Waals surface area contributed by atoms with Crippen LogP contribution in [0.15, 0.2) is 58.0 Å². The number of hydrazone groups is 1. The Balaban J connectivity index is 1.54. The Kier molecular flexibility index (Phi) is 6.86. The zero-order valence-electron chi connectivity index (χ0n) is 14.1. The van der Waals surface area contributed by atoms with Crippen LogP contribution in [0.25, 0.3) is 11.3 Å². The van der Waals surface area contributed by atoms with Crippen LogP contribution in [0.3, 0.4) is 0 Å². The topological polar surface area (TPSA) is 63.8 Å². The Hall–Kier alpha value is -2.18. The SMILES string of the molecule is O=C(COc1ccc(Cl)cc1Cl)N/N=C\c1ccc(-c2ccc(Cl)cc2Cl)o1. The quantitative estimate of drug-likeness (QED) is 0.359. The second-order valence-electron chi connectivity index (χ2n) is 5.48. The number of ether oxygens (including phenoxy) is 1. The lowest BCUT2D eigenvalue weighted by atomic mass is 10.2. The number of amides is 1. The summed E-state index contributed by atoms with van der Waals surface area (Å²) in [6, 6.07) is 13.2. The van der Waals surface area contributed by atoms with Gasteiger partial charge in [0.25, 0.3) is 5.91 Å². The van der Waals surface area contributed by atoms with Crippen LogP contribution in [-0.4, -0.2) is 18.7 Å². The fourth-order valence-electron chi connectivity index (χ4n) is 2.19. The maximum atomic E-state index is 11.8. The molecule has 0 saturated heterocycles. The first kappa shape index (κ1) is 20.6. The normalized spacial score (nSPS) is 11.0. The summed E-state index contributed by atoms with van der Waals surface area (Å²) in [6.07, 6.45) is 1.36. The van der Waals surface area contributed by atoms with Crippen molar-refractivity contribution in [3.8, 4) is 17.1 Å². The van der Waals surface area contributed by atoms with Crippen LogP contribution >= 0.6 is 46.4 Å². The summed E-state index contributed by atoms with van der Waals surface area (Å²) in [4.78, 5) is 11.8. The molecule has 5 nitrogen and oxygen atoms in total. The van der Waals surface area contributed by atoms with E-state index in [-0.39, 0.29) is 6.61 Å². The molecule has 0 aliphatic carbocycles. The lowest BCUT2D eigenvalue weighted by Crippen LogP contribution is -2.24. The van der Waals surface area contributed by atoms with E-state index >= 15 is 0 Å². The Bertz CT molecular complexity index is 1030. The lowest BCUT2D eigenvalue weighted by molar-refractivity contribution is -0.123. The summed E-state index contributed by atoms with van der Waals surface area (Å²) in [6.45, 7) is -0.261. The Labute approximate surface area is 180 Å². The average Bonchev–Trinajstić information content (AvgIpc) is 3.09. The predicted octanol–water partition coefficient (Wildman–Crippen LogP) is 6.09. The van der Waals surface area contributed by atoms with Crippen molar-refractivity contribution in [2.45, 2.75) is 0 Å². The van der Waals surface area contributed by atoms with E-state index in [9.17, 15) is 4.79 Å². The van der Waals surface area contributed by atoms with Crippen molar-refractivity contribution in [1.82, 2.24) is 5.43 Å². The largest absolute Gasteiger partial charge is 0.482 e. The minimum Gasteiger partial charge on any atom is -0.482 e. The van der Waals surface area contributed by atoms with Crippen molar-refractivity contribution >= 4 is 58.5 Å². The number of hydrogen-bond acceptors (Lipinski definition) is 4. The smallest absolute Gasteiger partial charge is 0.277 e. The fourth-order valence-corrected chi connectivity index (χ4v) is 3.16. The molecule has 2 aromatic carbocycles. The van der Waals surface area contributed by atoms with Crippen LogP contribution in [0.1, 0.15) is 5.76 Å². The van der Waals surface area contributed by atoms with Gasteiger partial charge in [-0.1, -0.05) is 46.4 Å². The van der Waals surface area contributed by atoms with Gasteiger partial charge in [0.05, 0.1) is 16.3 Å². The molecule has 0 radical (unpaired) electrons. The van der Waals surface area contributed by atoms with E-state index in [0.717, 1.165) is 0 Å². The molecular formula is C19H12Cl4N2O3. The lowest BCUT2D eigenvalue weighted by Gasteiger charge is -2.06. The van der Waals surface area contributed by atoms with Crippen LogP contribution in [0.5, 0.6) is 5.75 Å². The summed E-state index contributed by atoms with van der Waals surface area (Å²) in [7, 11) is 0. The standard InChI is InChI=1S/C19H12Cl4N2O3/c20-11-1-4-14(15(22)7-11)17-6-3-13(28-17)9-24-25-19(26)10-27-18-5-2-12(21)8-16(18)23/h1-9H,10H2,(H,25,26)/b24-9-. The summed E-state index contributed by atoms with van der Waals surface area (Å²) in [5.74, 6) is 0.869. The summed E-state index contributed by atoms with van der Waals surface area (Å²) in [5, 5.41) is 5.62. The molecule has 28 heavy (non-hydrogen) atoms. The van der Waals surface area contributed by atoms with E-state index < -0.39 is 5.91 Å². The highest BCUT2D eigenvalue weighted by Gasteiger charge is 2.09. The molecule has 144 valence electrons. The third-order valence-electron chi connectivity index (χ3n) is 3.46. The molecule has 3 aromatic rings. The number of carbonyl (C=O) groups is 1. The molecule has 9 heteroatoms. The predicted molar refractivity (Wildman–Crippen MR) is 112 cm³/mol. The van der Waals surface area contributed by atoms with E-state index in [0.29, 0.717) is 42.9 Å². The Morgan fingerprint density at radius 2 is 1.71 bits per heavy atom. The molecule has 1 heterocycles. The van der Waals surface area contributed by atoms with E-state index in [1.165, 1.54) is 12.3 Å². The van der Waals surface area contributed by atoms with Gasteiger partial charge in [-0.2, -0.15) is 5.10 Å². The molecule has 0 aliphatic rings. The average molecular weight is 458 g/mol. The maximum absolute atomic E-state index is 11.8. The van der Waals surface area contributed by atoms with Gasteiger partial charge in [0.2, 0.25) is 0 Å². The minimum absolute atomic E-state index is 0.261. The van der Waals surface area contributed by atoms with E-state index in [4.69, 9.17) is 55.6 Å². The molecule has 1 amide bonds. The monoisotopic (exact) mass is 456 g/mol. The van der Waals surface area contributed by atoms with Gasteiger partial charge in [0.1, 0.15) is 17.3 Å².